The number of nitrogens with zero attached hydrogens (tertiary/aromatic N) is 2. The highest BCUT2D eigenvalue weighted by atomic mass is 79.9. The van der Waals surface area contributed by atoms with Gasteiger partial charge in [0.05, 0.1) is 10.2 Å². The van der Waals surface area contributed by atoms with Crippen molar-refractivity contribution in [3.63, 3.8) is 0 Å². The van der Waals surface area contributed by atoms with Crippen molar-refractivity contribution in [2.24, 2.45) is 0 Å². The molecule has 1 saturated heterocycles. The second kappa shape index (κ2) is 5.64. The van der Waals surface area contributed by atoms with Gasteiger partial charge < -0.3 is 10.2 Å². The van der Waals surface area contributed by atoms with Crippen molar-refractivity contribution in [2.45, 2.75) is 25.3 Å². The average molecular weight is 284 g/mol. The lowest BCUT2D eigenvalue weighted by atomic mass is 10.1. The molecule has 0 saturated carbocycles. The zero-order chi connectivity index (χ0) is 11.4. The molecule has 4 heteroatoms. The summed E-state index contributed by atoms with van der Waals surface area (Å²) in [6.07, 6.45) is 7.45. The van der Waals surface area contributed by atoms with Crippen molar-refractivity contribution in [3.05, 3.63) is 22.9 Å². The molecule has 0 bridgehead atoms. The van der Waals surface area contributed by atoms with Gasteiger partial charge in [0.25, 0.3) is 0 Å². The Morgan fingerprint density at radius 3 is 3.12 bits per heavy atom. The van der Waals surface area contributed by atoms with Gasteiger partial charge in [-0.3, -0.25) is 4.98 Å². The fourth-order valence-electron chi connectivity index (χ4n) is 2.24. The van der Waals surface area contributed by atoms with E-state index >= 15 is 0 Å². The van der Waals surface area contributed by atoms with E-state index in [1.807, 2.05) is 12.4 Å². The van der Waals surface area contributed by atoms with Gasteiger partial charge in [0, 0.05) is 25.5 Å². The zero-order valence-electron chi connectivity index (χ0n) is 9.62. The Morgan fingerprint density at radius 2 is 2.31 bits per heavy atom. The van der Waals surface area contributed by atoms with E-state index in [0.29, 0.717) is 6.04 Å². The molecule has 0 amide bonds. The van der Waals surface area contributed by atoms with E-state index in [1.165, 1.54) is 24.9 Å². The predicted octanol–water partition coefficient (Wildman–Crippen LogP) is 2.42. The molecule has 2 heterocycles. The maximum absolute atomic E-state index is 4.11. The Balaban J connectivity index is 2.11. The van der Waals surface area contributed by atoms with Crippen molar-refractivity contribution in [1.29, 1.82) is 0 Å². The maximum Gasteiger partial charge on any atom is 0.0592 e. The van der Waals surface area contributed by atoms with E-state index in [1.54, 1.807) is 0 Å². The fraction of sp³-hybridized carbons (Fsp3) is 0.583. The van der Waals surface area contributed by atoms with Gasteiger partial charge in [0.2, 0.25) is 0 Å². The van der Waals surface area contributed by atoms with E-state index in [-0.39, 0.29) is 0 Å². The minimum Gasteiger partial charge on any atom is -0.371 e. The molecule has 0 aliphatic carbocycles. The third kappa shape index (κ3) is 2.74. The van der Waals surface area contributed by atoms with Crippen LogP contribution in [0.2, 0.25) is 0 Å². The largest absolute Gasteiger partial charge is 0.371 e. The maximum atomic E-state index is 4.11. The number of hydrogen-bond acceptors (Lipinski definition) is 3. The van der Waals surface area contributed by atoms with Crippen LogP contribution in [0.25, 0.3) is 0 Å². The summed E-state index contributed by atoms with van der Waals surface area (Å²) in [6, 6.07) is 2.70. The third-order valence-electron chi connectivity index (χ3n) is 3.22. The van der Waals surface area contributed by atoms with E-state index in [9.17, 15) is 0 Å². The highest BCUT2D eigenvalue weighted by Crippen LogP contribution is 2.27. The second-order valence-electron chi connectivity index (χ2n) is 4.27. The first-order chi connectivity index (χ1) is 7.79. The molecule has 1 fully saturated rings. The Labute approximate surface area is 105 Å². The number of aromatic nitrogens is 1. The number of anilines is 1. The van der Waals surface area contributed by atoms with Gasteiger partial charge in [-0.25, -0.2) is 0 Å². The van der Waals surface area contributed by atoms with Crippen LogP contribution >= 0.6 is 15.9 Å². The van der Waals surface area contributed by atoms with Gasteiger partial charge in [-0.2, -0.15) is 0 Å². The summed E-state index contributed by atoms with van der Waals surface area (Å²) in [5, 5.41) is 3.45. The molecule has 1 aromatic rings. The van der Waals surface area contributed by atoms with E-state index in [0.717, 1.165) is 17.6 Å². The summed E-state index contributed by atoms with van der Waals surface area (Å²) >= 11 is 3.56. The van der Waals surface area contributed by atoms with Crippen molar-refractivity contribution in [3.8, 4) is 0 Å². The Morgan fingerprint density at radius 1 is 1.44 bits per heavy atom. The van der Waals surface area contributed by atoms with E-state index in [4.69, 9.17) is 0 Å². The van der Waals surface area contributed by atoms with Crippen molar-refractivity contribution in [2.75, 3.05) is 25.0 Å². The van der Waals surface area contributed by atoms with Gasteiger partial charge in [-0.1, -0.05) is 0 Å². The Hall–Kier alpha value is -0.610. The lowest BCUT2D eigenvalue weighted by Crippen LogP contribution is -2.32. The highest BCUT2D eigenvalue weighted by molar-refractivity contribution is 9.10. The normalized spacial score (nSPS) is 21.5. The predicted molar refractivity (Wildman–Crippen MR) is 70.8 cm³/mol. The summed E-state index contributed by atoms with van der Waals surface area (Å²) in [5.74, 6) is 0. The van der Waals surface area contributed by atoms with Gasteiger partial charge in [0.1, 0.15) is 0 Å². The number of nitrogens with one attached hydrogen (secondary N) is 1. The minimum absolute atomic E-state index is 0.633. The number of rotatable bonds is 2. The van der Waals surface area contributed by atoms with Gasteiger partial charge >= 0.3 is 0 Å². The monoisotopic (exact) mass is 283 g/mol. The lowest BCUT2D eigenvalue weighted by molar-refractivity contribution is 0.566. The molecule has 1 aromatic heterocycles. The number of pyridine rings is 1. The molecule has 0 aromatic carbocycles. The first-order valence-electron chi connectivity index (χ1n) is 5.82. The fourth-order valence-corrected chi connectivity index (χ4v) is 2.77. The topological polar surface area (TPSA) is 28.2 Å². The molecule has 1 N–H and O–H groups in total. The summed E-state index contributed by atoms with van der Waals surface area (Å²) in [6.45, 7) is 2.28. The zero-order valence-corrected chi connectivity index (χ0v) is 11.2. The van der Waals surface area contributed by atoms with Crippen LogP contribution in [0.4, 0.5) is 5.69 Å². The number of halogens is 1. The van der Waals surface area contributed by atoms with Crippen LogP contribution in [-0.4, -0.2) is 31.2 Å². The molecule has 16 heavy (non-hydrogen) atoms. The molecule has 0 radical (unpaired) electrons. The lowest BCUT2D eigenvalue weighted by Gasteiger charge is -2.29. The molecule has 2 rings (SSSR count). The minimum atomic E-state index is 0.633. The molecule has 3 nitrogen and oxygen atoms in total. The SMILES string of the molecule is CN(c1ccncc1Br)C1CCCNCC1. The standard InChI is InChI=1S/C12H18BrN3/c1-16(10-3-2-6-14-7-4-10)12-5-8-15-9-11(12)13/h5,8-10,14H,2-4,6-7H2,1H3. The van der Waals surface area contributed by atoms with Crippen molar-refractivity contribution >= 4 is 21.6 Å². The number of hydrogen-bond donors (Lipinski definition) is 1. The summed E-state index contributed by atoms with van der Waals surface area (Å²) in [7, 11) is 2.18. The van der Waals surface area contributed by atoms with Gasteiger partial charge in [-0.15, -0.1) is 0 Å². The second-order valence-corrected chi connectivity index (χ2v) is 5.13. The van der Waals surface area contributed by atoms with Crippen LogP contribution in [0, 0.1) is 0 Å². The van der Waals surface area contributed by atoms with Crippen LogP contribution in [0.3, 0.4) is 0 Å². The van der Waals surface area contributed by atoms with Crippen molar-refractivity contribution in [1.82, 2.24) is 10.3 Å². The summed E-state index contributed by atoms with van der Waals surface area (Å²) < 4.78 is 1.08. The van der Waals surface area contributed by atoms with Crippen LogP contribution in [0.15, 0.2) is 22.9 Å². The van der Waals surface area contributed by atoms with Crippen LogP contribution in [0.1, 0.15) is 19.3 Å². The average Bonchev–Trinajstić information content (AvgIpc) is 2.57. The van der Waals surface area contributed by atoms with Crippen LogP contribution in [0.5, 0.6) is 0 Å². The highest BCUT2D eigenvalue weighted by Gasteiger charge is 2.18. The van der Waals surface area contributed by atoms with Crippen LogP contribution in [-0.2, 0) is 0 Å². The molecular formula is C12H18BrN3. The molecule has 1 aliphatic rings. The van der Waals surface area contributed by atoms with Gasteiger partial charge in [0.15, 0.2) is 0 Å². The van der Waals surface area contributed by atoms with E-state index < -0.39 is 0 Å². The summed E-state index contributed by atoms with van der Waals surface area (Å²) in [4.78, 5) is 6.48. The summed E-state index contributed by atoms with van der Waals surface area (Å²) in [5.41, 5.74) is 1.24. The first kappa shape index (κ1) is 11.9. The Bertz CT molecular complexity index is 335. The molecule has 1 atom stereocenters. The van der Waals surface area contributed by atoms with Crippen molar-refractivity contribution < 1.29 is 0 Å². The molecule has 88 valence electrons. The molecule has 1 aliphatic heterocycles. The Kier molecular flexibility index (Phi) is 4.18. The smallest absolute Gasteiger partial charge is 0.0592 e. The van der Waals surface area contributed by atoms with E-state index in [2.05, 4.69) is 44.2 Å². The molecular weight excluding hydrogens is 266 g/mol. The molecule has 1 unspecified atom stereocenters. The van der Waals surface area contributed by atoms with Gasteiger partial charge in [-0.05, 0) is 54.3 Å². The molecule has 0 spiro atoms. The first-order valence-corrected chi connectivity index (χ1v) is 6.61. The van der Waals surface area contributed by atoms with Crippen LogP contribution < -0.4 is 10.2 Å². The quantitative estimate of drug-likeness (QED) is 0.904. The third-order valence-corrected chi connectivity index (χ3v) is 3.83.